The lowest BCUT2D eigenvalue weighted by Crippen LogP contribution is -2.27. The van der Waals surface area contributed by atoms with Crippen LogP contribution in [-0.2, 0) is 31.4 Å². The number of carbonyl (C=O) groups excluding carboxylic acids is 2. The van der Waals surface area contributed by atoms with Gasteiger partial charge >= 0.3 is 0 Å². The number of fused-ring (bicyclic) bond motifs is 1. The zero-order chi connectivity index (χ0) is 30.5. The molecule has 3 N–H and O–H groups in total. The fraction of sp³-hybridized carbons (Fsp3) is 0.152. The predicted octanol–water partition coefficient (Wildman–Crippen LogP) is 6.33. The molecule has 0 aliphatic carbocycles. The summed E-state index contributed by atoms with van der Waals surface area (Å²) in [6, 6.07) is 31.0. The van der Waals surface area contributed by atoms with E-state index in [1.54, 1.807) is 0 Å². The number of benzene rings is 4. The lowest BCUT2D eigenvalue weighted by atomic mass is 10.1. The van der Waals surface area contributed by atoms with Crippen LogP contribution in [0, 0.1) is 0 Å². The molecule has 1 fully saturated rings. The number of thiocarbonyl (C=S) groups is 1. The van der Waals surface area contributed by atoms with E-state index in [4.69, 9.17) is 26.7 Å². The van der Waals surface area contributed by atoms with Gasteiger partial charge in [-0.2, -0.15) is 0 Å². The lowest BCUT2D eigenvalue weighted by Gasteiger charge is -2.12. The summed E-state index contributed by atoms with van der Waals surface area (Å²) in [5, 5.41) is 8.59. The summed E-state index contributed by atoms with van der Waals surface area (Å²) in [6.45, 7) is 0.935. The number of aromatic nitrogens is 2. The van der Waals surface area contributed by atoms with Crippen molar-refractivity contribution in [3.8, 4) is 17.2 Å². The molecule has 0 bridgehead atoms. The van der Waals surface area contributed by atoms with Crippen LogP contribution in [0.4, 0.5) is 10.5 Å². The lowest BCUT2D eigenvalue weighted by molar-refractivity contribution is -0.118. The van der Waals surface area contributed by atoms with Gasteiger partial charge in [-0.05, 0) is 78.3 Å². The molecule has 0 radical (unpaired) electrons. The first-order chi connectivity index (χ1) is 21.4. The van der Waals surface area contributed by atoms with Crippen molar-refractivity contribution in [2.75, 3.05) is 5.32 Å². The SMILES string of the molecule is Cn1c(COc2ccc(CC3SC(=O)NC3=O)cc2)nc2ccc(Oc3ccc(NC(=S)NCc4ccccc4)cc3)cc21. The van der Waals surface area contributed by atoms with Crippen LogP contribution >= 0.6 is 24.0 Å². The minimum Gasteiger partial charge on any atom is -0.486 e. The van der Waals surface area contributed by atoms with Crippen molar-refractivity contribution in [3.63, 3.8) is 0 Å². The highest BCUT2D eigenvalue weighted by molar-refractivity contribution is 8.15. The van der Waals surface area contributed by atoms with E-state index in [9.17, 15) is 9.59 Å². The number of rotatable bonds is 10. The normalized spacial score (nSPS) is 14.3. The van der Waals surface area contributed by atoms with Gasteiger partial charge in [0.1, 0.15) is 29.7 Å². The largest absolute Gasteiger partial charge is 0.486 e. The quantitative estimate of drug-likeness (QED) is 0.154. The van der Waals surface area contributed by atoms with E-state index in [-0.39, 0.29) is 17.8 Å². The standard InChI is InChI=1S/C33H29N5O4S2/c1-38-28-18-26(42-25-13-9-23(10-14-25)35-32(43)34-19-22-5-3-2-4-6-22)15-16-27(28)36-30(38)20-41-24-11-7-21(8-12-24)17-29-31(39)37-33(40)44-29/h2-16,18,29H,17,19-20H2,1H3,(H2,34,35,43)(H,37,39,40). The van der Waals surface area contributed by atoms with Crippen LogP contribution in [0.25, 0.3) is 11.0 Å². The molecule has 1 aromatic heterocycles. The molecule has 4 aromatic carbocycles. The van der Waals surface area contributed by atoms with Gasteiger partial charge in [0, 0.05) is 25.3 Å². The van der Waals surface area contributed by atoms with Crippen LogP contribution in [-0.4, -0.2) is 31.1 Å². The molecule has 1 unspecified atom stereocenters. The van der Waals surface area contributed by atoms with Crippen molar-refractivity contribution < 1.29 is 19.1 Å². The van der Waals surface area contributed by atoms with E-state index < -0.39 is 5.25 Å². The number of hydrogen-bond donors (Lipinski definition) is 3. The smallest absolute Gasteiger partial charge is 0.286 e. The molecule has 2 heterocycles. The Hall–Kier alpha value is -4.87. The Morgan fingerprint density at radius 1 is 0.932 bits per heavy atom. The summed E-state index contributed by atoms with van der Waals surface area (Å²) in [7, 11) is 1.95. The highest BCUT2D eigenvalue weighted by Crippen LogP contribution is 2.28. The Bertz CT molecular complexity index is 1810. The zero-order valence-electron chi connectivity index (χ0n) is 23.8. The zero-order valence-corrected chi connectivity index (χ0v) is 25.4. The maximum atomic E-state index is 11.8. The monoisotopic (exact) mass is 623 g/mol. The van der Waals surface area contributed by atoms with E-state index in [1.807, 2.05) is 109 Å². The molecule has 2 amide bonds. The van der Waals surface area contributed by atoms with Crippen molar-refractivity contribution in [2.45, 2.75) is 24.8 Å². The number of imide groups is 1. The van der Waals surface area contributed by atoms with Crippen LogP contribution in [0.2, 0.25) is 0 Å². The van der Waals surface area contributed by atoms with Gasteiger partial charge in [-0.3, -0.25) is 14.9 Å². The molecule has 0 saturated carbocycles. The van der Waals surface area contributed by atoms with E-state index in [0.29, 0.717) is 35.3 Å². The molecule has 6 rings (SSSR count). The number of carbonyl (C=O) groups is 2. The highest BCUT2D eigenvalue weighted by atomic mass is 32.2. The molecule has 1 aliphatic rings. The maximum absolute atomic E-state index is 11.8. The second kappa shape index (κ2) is 13.2. The number of nitrogens with zero attached hydrogens (tertiary/aromatic N) is 2. The maximum Gasteiger partial charge on any atom is 0.286 e. The van der Waals surface area contributed by atoms with E-state index in [1.165, 1.54) is 0 Å². The Kier molecular flexibility index (Phi) is 8.76. The summed E-state index contributed by atoms with van der Waals surface area (Å²) >= 11 is 6.45. The minimum atomic E-state index is -0.392. The van der Waals surface area contributed by atoms with Gasteiger partial charge in [0.2, 0.25) is 5.91 Å². The fourth-order valence-corrected chi connectivity index (χ4v) is 5.77. The van der Waals surface area contributed by atoms with Crippen LogP contribution < -0.4 is 25.4 Å². The Labute approximate surface area is 264 Å². The summed E-state index contributed by atoms with van der Waals surface area (Å²) in [4.78, 5) is 28.0. The van der Waals surface area contributed by atoms with Gasteiger partial charge in [-0.25, -0.2) is 4.98 Å². The molecule has 0 spiro atoms. The summed E-state index contributed by atoms with van der Waals surface area (Å²) in [5.74, 6) is 2.61. The molecule has 11 heteroatoms. The first-order valence-corrected chi connectivity index (χ1v) is 15.2. The van der Waals surface area contributed by atoms with Gasteiger partial charge in [0.15, 0.2) is 5.11 Å². The number of anilines is 1. The minimum absolute atomic E-state index is 0.241. The number of nitrogens with one attached hydrogen (secondary N) is 3. The fourth-order valence-electron chi connectivity index (χ4n) is 4.72. The van der Waals surface area contributed by atoms with Gasteiger partial charge in [-0.1, -0.05) is 54.2 Å². The van der Waals surface area contributed by atoms with Gasteiger partial charge in [-0.15, -0.1) is 0 Å². The number of hydrogen-bond acceptors (Lipinski definition) is 7. The molecule has 44 heavy (non-hydrogen) atoms. The molecule has 1 aliphatic heterocycles. The number of ether oxygens (including phenoxy) is 2. The summed E-state index contributed by atoms with van der Waals surface area (Å²) < 4.78 is 14.1. The van der Waals surface area contributed by atoms with Crippen LogP contribution in [0.1, 0.15) is 17.0 Å². The van der Waals surface area contributed by atoms with Gasteiger partial charge < -0.3 is 24.7 Å². The predicted molar refractivity (Wildman–Crippen MR) is 176 cm³/mol. The average molecular weight is 624 g/mol. The molecule has 222 valence electrons. The average Bonchev–Trinajstić information content (AvgIpc) is 3.53. The van der Waals surface area contributed by atoms with Crippen LogP contribution in [0.5, 0.6) is 17.2 Å². The van der Waals surface area contributed by atoms with E-state index in [2.05, 4.69) is 16.0 Å². The Morgan fingerprint density at radius 3 is 2.39 bits per heavy atom. The third-order valence-corrected chi connectivity index (χ3v) is 8.30. The molecule has 1 atom stereocenters. The summed E-state index contributed by atoms with van der Waals surface area (Å²) in [5.41, 5.74) is 4.74. The second-order valence-corrected chi connectivity index (χ2v) is 11.8. The Balaban J connectivity index is 1.02. The first-order valence-electron chi connectivity index (χ1n) is 13.9. The van der Waals surface area contributed by atoms with Crippen molar-refractivity contribution in [3.05, 3.63) is 114 Å². The van der Waals surface area contributed by atoms with Gasteiger partial charge in [0.25, 0.3) is 5.24 Å². The van der Waals surface area contributed by atoms with Crippen molar-refractivity contribution >= 4 is 57.0 Å². The first kappa shape index (κ1) is 29.2. The number of thioether (sulfide) groups is 1. The highest BCUT2D eigenvalue weighted by Gasteiger charge is 2.31. The second-order valence-electron chi connectivity index (χ2n) is 10.2. The van der Waals surface area contributed by atoms with Gasteiger partial charge in [0.05, 0.1) is 16.3 Å². The molecule has 9 nitrogen and oxygen atoms in total. The van der Waals surface area contributed by atoms with E-state index in [0.717, 1.165) is 45.4 Å². The molecule has 5 aromatic rings. The van der Waals surface area contributed by atoms with Crippen molar-refractivity contribution in [1.82, 2.24) is 20.2 Å². The van der Waals surface area contributed by atoms with Crippen molar-refractivity contribution in [1.29, 1.82) is 0 Å². The third-order valence-electron chi connectivity index (χ3n) is 7.07. The number of imidazole rings is 1. The summed E-state index contributed by atoms with van der Waals surface area (Å²) in [6.07, 6.45) is 0.486. The van der Waals surface area contributed by atoms with E-state index >= 15 is 0 Å². The molecule has 1 saturated heterocycles. The molecular weight excluding hydrogens is 595 g/mol. The molecular formula is C33H29N5O4S2. The van der Waals surface area contributed by atoms with Crippen LogP contribution in [0.15, 0.2) is 97.1 Å². The Morgan fingerprint density at radius 2 is 1.66 bits per heavy atom. The topological polar surface area (TPSA) is 107 Å². The number of amides is 2. The number of aryl methyl sites for hydroxylation is 1. The van der Waals surface area contributed by atoms with Crippen molar-refractivity contribution in [2.24, 2.45) is 7.05 Å². The third kappa shape index (κ3) is 7.19. The van der Waals surface area contributed by atoms with Crippen LogP contribution in [0.3, 0.4) is 0 Å².